The predicted molar refractivity (Wildman–Crippen MR) is 45.7 cm³/mol. The van der Waals surface area contributed by atoms with E-state index >= 15 is 0 Å². The number of Topliss-reactive ketones (excluding diaryl/α,β-unsaturated/α-hetero) is 1. The van der Waals surface area contributed by atoms with Crippen LogP contribution in [0.15, 0.2) is 29.2 Å². The maximum Gasteiger partial charge on any atom is 0.377 e. The standard InChI is InChI=1S/C8H6O3S/c9-7(8(10)11)5-2-1-3-6(12)4-5/h1-4,12H,(H,10,11). The minimum absolute atomic E-state index is 0.148. The molecular weight excluding hydrogens is 176 g/mol. The Bertz CT molecular complexity index is 333. The minimum atomic E-state index is -1.45. The van der Waals surface area contributed by atoms with Gasteiger partial charge in [0.05, 0.1) is 0 Å². The Hall–Kier alpha value is -1.29. The van der Waals surface area contributed by atoms with Crippen molar-refractivity contribution in [2.45, 2.75) is 4.90 Å². The third kappa shape index (κ3) is 1.85. The van der Waals surface area contributed by atoms with E-state index in [-0.39, 0.29) is 5.56 Å². The zero-order chi connectivity index (χ0) is 9.14. The van der Waals surface area contributed by atoms with Gasteiger partial charge in [0.2, 0.25) is 0 Å². The molecule has 1 N–H and O–H groups in total. The van der Waals surface area contributed by atoms with Crippen LogP contribution >= 0.6 is 12.6 Å². The van der Waals surface area contributed by atoms with Gasteiger partial charge in [0, 0.05) is 10.5 Å². The van der Waals surface area contributed by atoms with E-state index in [0.29, 0.717) is 4.90 Å². The summed E-state index contributed by atoms with van der Waals surface area (Å²) in [5.41, 5.74) is 0.148. The van der Waals surface area contributed by atoms with Crippen LogP contribution in [0.5, 0.6) is 0 Å². The molecule has 0 fully saturated rings. The van der Waals surface area contributed by atoms with Crippen molar-refractivity contribution >= 4 is 24.4 Å². The molecule has 1 rings (SSSR count). The zero-order valence-electron chi connectivity index (χ0n) is 6.02. The molecule has 1 aromatic carbocycles. The highest BCUT2D eigenvalue weighted by Gasteiger charge is 2.13. The molecule has 0 heterocycles. The molecule has 0 aromatic heterocycles. The second kappa shape index (κ2) is 3.40. The van der Waals surface area contributed by atoms with Gasteiger partial charge in [-0.2, -0.15) is 0 Å². The molecule has 0 amide bonds. The molecule has 62 valence electrons. The number of carboxylic acids is 1. The van der Waals surface area contributed by atoms with Crippen LogP contribution in [0.2, 0.25) is 0 Å². The van der Waals surface area contributed by atoms with Gasteiger partial charge in [0.1, 0.15) is 0 Å². The fourth-order valence-electron chi connectivity index (χ4n) is 0.771. The van der Waals surface area contributed by atoms with Gasteiger partial charge in [-0.15, -0.1) is 12.6 Å². The molecule has 0 aliphatic carbocycles. The van der Waals surface area contributed by atoms with Crippen molar-refractivity contribution in [3.05, 3.63) is 29.8 Å². The van der Waals surface area contributed by atoms with Gasteiger partial charge in [-0.25, -0.2) is 4.79 Å². The molecule has 12 heavy (non-hydrogen) atoms. The highest BCUT2D eigenvalue weighted by Crippen LogP contribution is 2.09. The number of hydrogen-bond acceptors (Lipinski definition) is 3. The predicted octanol–water partition coefficient (Wildman–Crippen LogP) is 1.24. The number of ketones is 1. The number of hydrogen-bond donors (Lipinski definition) is 2. The van der Waals surface area contributed by atoms with Crippen molar-refractivity contribution < 1.29 is 14.7 Å². The summed E-state index contributed by atoms with van der Waals surface area (Å²) in [5, 5.41) is 8.35. The molecule has 0 bridgehead atoms. The molecule has 0 spiro atoms. The zero-order valence-corrected chi connectivity index (χ0v) is 6.91. The summed E-state index contributed by atoms with van der Waals surface area (Å²) < 4.78 is 0. The first-order valence-corrected chi connectivity index (χ1v) is 3.62. The summed E-state index contributed by atoms with van der Waals surface area (Å²) in [4.78, 5) is 21.7. The minimum Gasteiger partial charge on any atom is -0.475 e. The molecule has 4 heteroatoms. The number of carbonyl (C=O) groups is 2. The highest BCUT2D eigenvalue weighted by atomic mass is 32.1. The fourth-order valence-corrected chi connectivity index (χ4v) is 0.996. The highest BCUT2D eigenvalue weighted by molar-refractivity contribution is 7.80. The van der Waals surface area contributed by atoms with Crippen LogP contribution in [-0.4, -0.2) is 16.9 Å². The Kier molecular flexibility index (Phi) is 2.50. The molecule has 3 nitrogen and oxygen atoms in total. The van der Waals surface area contributed by atoms with Gasteiger partial charge in [0.25, 0.3) is 5.78 Å². The van der Waals surface area contributed by atoms with Crippen LogP contribution < -0.4 is 0 Å². The molecule has 0 aliphatic rings. The van der Waals surface area contributed by atoms with Gasteiger partial charge in [-0.05, 0) is 12.1 Å². The monoisotopic (exact) mass is 182 g/mol. The molecule has 0 saturated heterocycles. The molecule has 0 aliphatic heterocycles. The lowest BCUT2D eigenvalue weighted by Gasteiger charge is -1.95. The van der Waals surface area contributed by atoms with E-state index in [4.69, 9.17) is 5.11 Å². The molecule has 0 atom stereocenters. The Balaban J connectivity index is 3.04. The van der Waals surface area contributed by atoms with Gasteiger partial charge < -0.3 is 5.11 Å². The van der Waals surface area contributed by atoms with E-state index in [1.165, 1.54) is 12.1 Å². The van der Waals surface area contributed by atoms with Crippen molar-refractivity contribution in [3.63, 3.8) is 0 Å². The number of carbonyl (C=O) groups excluding carboxylic acids is 1. The van der Waals surface area contributed by atoms with E-state index in [1.807, 2.05) is 0 Å². The normalized spacial score (nSPS) is 9.42. The Labute approximate surface area is 74.4 Å². The lowest BCUT2D eigenvalue weighted by molar-refractivity contribution is -0.131. The number of benzene rings is 1. The van der Waals surface area contributed by atoms with Crippen LogP contribution in [0.4, 0.5) is 0 Å². The van der Waals surface area contributed by atoms with Crippen LogP contribution in [0.3, 0.4) is 0 Å². The third-order valence-corrected chi connectivity index (χ3v) is 1.58. The van der Waals surface area contributed by atoms with E-state index < -0.39 is 11.8 Å². The molecular formula is C8H6O3S. The van der Waals surface area contributed by atoms with Crippen LogP contribution in [0, 0.1) is 0 Å². The number of aliphatic carboxylic acids is 1. The summed E-state index contributed by atoms with van der Waals surface area (Å²) in [7, 11) is 0. The topological polar surface area (TPSA) is 54.4 Å². The lowest BCUT2D eigenvalue weighted by Crippen LogP contribution is -2.12. The second-order valence-corrected chi connectivity index (χ2v) is 2.70. The van der Waals surface area contributed by atoms with Crippen LogP contribution in [0.25, 0.3) is 0 Å². The van der Waals surface area contributed by atoms with Crippen molar-refractivity contribution in [2.24, 2.45) is 0 Å². The average Bonchev–Trinajstić information content (AvgIpc) is 2.03. The summed E-state index contributed by atoms with van der Waals surface area (Å²) in [6.07, 6.45) is 0. The largest absolute Gasteiger partial charge is 0.475 e. The fraction of sp³-hybridized carbons (Fsp3) is 0. The molecule has 1 aromatic rings. The van der Waals surface area contributed by atoms with Crippen molar-refractivity contribution in [2.75, 3.05) is 0 Å². The van der Waals surface area contributed by atoms with Crippen molar-refractivity contribution in [3.8, 4) is 0 Å². The lowest BCUT2D eigenvalue weighted by atomic mass is 10.1. The maximum absolute atomic E-state index is 10.9. The van der Waals surface area contributed by atoms with Crippen LogP contribution in [-0.2, 0) is 4.79 Å². The van der Waals surface area contributed by atoms with Gasteiger partial charge in [0.15, 0.2) is 0 Å². The third-order valence-electron chi connectivity index (χ3n) is 1.30. The first-order valence-electron chi connectivity index (χ1n) is 3.18. The Morgan fingerprint density at radius 3 is 2.50 bits per heavy atom. The van der Waals surface area contributed by atoms with Gasteiger partial charge >= 0.3 is 5.97 Å². The van der Waals surface area contributed by atoms with Crippen LogP contribution in [0.1, 0.15) is 10.4 Å². The quantitative estimate of drug-likeness (QED) is 0.411. The Morgan fingerprint density at radius 1 is 1.33 bits per heavy atom. The molecule has 0 radical (unpaired) electrons. The first-order chi connectivity index (χ1) is 5.61. The maximum atomic E-state index is 10.9. The van der Waals surface area contributed by atoms with Gasteiger partial charge in [-0.3, -0.25) is 4.79 Å². The van der Waals surface area contributed by atoms with Crippen molar-refractivity contribution in [1.29, 1.82) is 0 Å². The summed E-state index contributed by atoms with van der Waals surface area (Å²) in [6.45, 7) is 0. The second-order valence-electron chi connectivity index (χ2n) is 2.18. The van der Waals surface area contributed by atoms with Gasteiger partial charge in [-0.1, -0.05) is 12.1 Å². The smallest absolute Gasteiger partial charge is 0.377 e. The molecule has 0 saturated carbocycles. The van der Waals surface area contributed by atoms with Crippen molar-refractivity contribution in [1.82, 2.24) is 0 Å². The van der Waals surface area contributed by atoms with E-state index in [0.717, 1.165) is 0 Å². The molecule has 0 unspecified atom stereocenters. The first kappa shape index (κ1) is 8.80. The van der Waals surface area contributed by atoms with E-state index in [2.05, 4.69) is 12.6 Å². The summed E-state index contributed by atoms with van der Waals surface area (Å²) in [6, 6.07) is 6.11. The number of thiol groups is 1. The van der Waals surface area contributed by atoms with E-state index in [1.54, 1.807) is 12.1 Å². The number of rotatable bonds is 2. The summed E-state index contributed by atoms with van der Waals surface area (Å²) in [5.74, 6) is -2.36. The SMILES string of the molecule is O=C(O)C(=O)c1cccc(S)c1. The number of carboxylic acid groups (broad SMARTS) is 1. The van der Waals surface area contributed by atoms with E-state index in [9.17, 15) is 9.59 Å². The Morgan fingerprint density at radius 2 is 2.00 bits per heavy atom. The summed E-state index contributed by atoms with van der Waals surface area (Å²) >= 11 is 3.97. The average molecular weight is 182 g/mol.